The molecule has 0 atom stereocenters. The Morgan fingerprint density at radius 2 is 1.94 bits per heavy atom. The molecule has 0 unspecified atom stereocenters. The molecule has 0 saturated heterocycles. The molecule has 5 heteroatoms. The topological polar surface area (TPSA) is 68.7 Å². The number of pyridine rings is 1. The number of methoxy groups -OCH3 is 2. The Labute approximate surface area is 97.6 Å². The molecule has 1 aromatic carbocycles. The van der Waals surface area contributed by atoms with Crippen LogP contribution < -0.4 is 9.47 Å². The number of hydrogen-bond acceptors (Lipinski definition) is 4. The van der Waals surface area contributed by atoms with E-state index >= 15 is 0 Å². The fourth-order valence-electron chi connectivity index (χ4n) is 1.63. The second-order valence-electron chi connectivity index (χ2n) is 3.37. The Kier molecular flexibility index (Phi) is 2.82. The standard InChI is InChI=1S/C12H11NO4/c1-16-9-5-3-4-7-10(17-2)6-8(12(14)15)13-11(7)9/h3-6H,1-2H3,(H,14,15). The minimum Gasteiger partial charge on any atom is -0.496 e. The lowest BCUT2D eigenvalue weighted by atomic mass is 10.1. The van der Waals surface area contributed by atoms with Gasteiger partial charge in [-0.15, -0.1) is 0 Å². The van der Waals surface area contributed by atoms with Crippen LogP contribution in [0.1, 0.15) is 10.5 Å². The van der Waals surface area contributed by atoms with Crippen LogP contribution >= 0.6 is 0 Å². The molecule has 0 spiro atoms. The van der Waals surface area contributed by atoms with Crippen molar-refractivity contribution >= 4 is 16.9 Å². The van der Waals surface area contributed by atoms with Crippen LogP contribution in [0.15, 0.2) is 24.3 Å². The number of aromatic nitrogens is 1. The van der Waals surface area contributed by atoms with E-state index in [1.54, 1.807) is 18.2 Å². The number of carboxylic acid groups (broad SMARTS) is 1. The summed E-state index contributed by atoms with van der Waals surface area (Å²) in [5.41, 5.74) is 0.408. The quantitative estimate of drug-likeness (QED) is 0.877. The first-order valence-corrected chi connectivity index (χ1v) is 4.92. The molecule has 5 nitrogen and oxygen atoms in total. The van der Waals surface area contributed by atoms with Gasteiger partial charge in [-0.25, -0.2) is 9.78 Å². The van der Waals surface area contributed by atoms with Crippen LogP contribution in [-0.2, 0) is 0 Å². The monoisotopic (exact) mass is 233 g/mol. The second-order valence-corrected chi connectivity index (χ2v) is 3.37. The number of benzene rings is 1. The van der Waals surface area contributed by atoms with Crippen LogP contribution in [0.3, 0.4) is 0 Å². The highest BCUT2D eigenvalue weighted by molar-refractivity contribution is 5.95. The molecular weight excluding hydrogens is 222 g/mol. The third kappa shape index (κ3) is 1.87. The van der Waals surface area contributed by atoms with E-state index in [2.05, 4.69) is 4.98 Å². The van der Waals surface area contributed by atoms with Gasteiger partial charge in [0.15, 0.2) is 5.69 Å². The Hall–Kier alpha value is -2.30. The van der Waals surface area contributed by atoms with Crippen molar-refractivity contribution in [2.24, 2.45) is 0 Å². The van der Waals surface area contributed by atoms with E-state index in [9.17, 15) is 4.79 Å². The smallest absolute Gasteiger partial charge is 0.354 e. The summed E-state index contributed by atoms with van der Waals surface area (Å²) >= 11 is 0. The van der Waals surface area contributed by atoms with Gasteiger partial charge >= 0.3 is 5.97 Å². The number of carbonyl (C=O) groups is 1. The SMILES string of the molecule is COc1cc(C(=O)O)nc2c(OC)cccc12. The Balaban J connectivity index is 2.82. The summed E-state index contributed by atoms with van der Waals surface area (Å²) in [5.74, 6) is -0.119. The van der Waals surface area contributed by atoms with Gasteiger partial charge in [0.2, 0.25) is 0 Å². The van der Waals surface area contributed by atoms with Crippen LogP contribution in [0.2, 0.25) is 0 Å². The van der Waals surface area contributed by atoms with Crippen molar-refractivity contribution in [2.75, 3.05) is 14.2 Å². The van der Waals surface area contributed by atoms with Crippen molar-refractivity contribution in [3.8, 4) is 11.5 Å². The lowest BCUT2D eigenvalue weighted by molar-refractivity contribution is 0.0690. The number of rotatable bonds is 3. The van der Waals surface area contributed by atoms with Gasteiger partial charge in [0.25, 0.3) is 0 Å². The second kappa shape index (κ2) is 4.29. The molecule has 1 N–H and O–H groups in total. The molecule has 1 aromatic heterocycles. The molecule has 0 aliphatic heterocycles. The normalized spacial score (nSPS) is 10.2. The first-order chi connectivity index (χ1) is 8.17. The summed E-state index contributed by atoms with van der Waals surface area (Å²) in [6.07, 6.45) is 0. The maximum Gasteiger partial charge on any atom is 0.354 e. The number of fused-ring (bicyclic) bond motifs is 1. The predicted molar refractivity (Wildman–Crippen MR) is 61.8 cm³/mol. The first-order valence-electron chi connectivity index (χ1n) is 4.92. The molecule has 17 heavy (non-hydrogen) atoms. The highest BCUT2D eigenvalue weighted by Crippen LogP contribution is 2.31. The van der Waals surface area contributed by atoms with Gasteiger partial charge in [0, 0.05) is 11.5 Å². The highest BCUT2D eigenvalue weighted by atomic mass is 16.5. The lowest BCUT2D eigenvalue weighted by Crippen LogP contribution is -2.02. The summed E-state index contributed by atoms with van der Waals surface area (Å²) in [4.78, 5) is 15.0. The van der Waals surface area contributed by atoms with Crippen LogP contribution in [0.5, 0.6) is 11.5 Å². The Morgan fingerprint density at radius 3 is 2.53 bits per heavy atom. The minimum atomic E-state index is -1.10. The average molecular weight is 233 g/mol. The van der Waals surface area contributed by atoms with Crippen molar-refractivity contribution in [2.45, 2.75) is 0 Å². The first kappa shape index (κ1) is 11.2. The molecule has 0 aliphatic carbocycles. The van der Waals surface area contributed by atoms with Crippen LogP contribution in [0.25, 0.3) is 10.9 Å². The molecule has 0 fully saturated rings. The fraction of sp³-hybridized carbons (Fsp3) is 0.167. The van der Waals surface area contributed by atoms with Gasteiger partial charge in [-0.3, -0.25) is 0 Å². The molecular formula is C12H11NO4. The summed E-state index contributed by atoms with van der Waals surface area (Å²) in [5, 5.41) is 9.69. The third-order valence-electron chi connectivity index (χ3n) is 2.42. The minimum absolute atomic E-state index is 0.0705. The van der Waals surface area contributed by atoms with Gasteiger partial charge in [-0.05, 0) is 12.1 Å². The van der Waals surface area contributed by atoms with Gasteiger partial charge in [-0.2, -0.15) is 0 Å². The summed E-state index contributed by atoms with van der Waals surface area (Å²) in [6.45, 7) is 0. The van der Waals surface area contributed by atoms with Gasteiger partial charge in [-0.1, -0.05) is 6.07 Å². The van der Waals surface area contributed by atoms with E-state index in [4.69, 9.17) is 14.6 Å². The van der Waals surface area contributed by atoms with E-state index in [1.165, 1.54) is 20.3 Å². The summed E-state index contributed by atoms with van der Waals surface area (Å²) < 4.78 is 10.3. The molecule has 0 amide bonds. The van der Waals surface area contributed by atoms with Crippen molar-refractivity contribution < 1.29 is 19.4 Å². The number of ether oxygens (including phenoxy) is 2. The van der Waals surface area contributed by atoms with Crippen molar-refractivity contribution in [3.63, 3.8) is 0 Å². The van der Waals surface area contributed by atoms with Gasteiger partial charge in [0.05, 0.1) is 14.2 Å². The largest absolute Gasteiger partial charge is 0.496 e. The number of carboxylic acids is 1. The molecule has 0 bridgehead atoms. The molecule has 2 rings (SSSR count). The zero-order chi connectivity index (χ0) is 12.4. The summed E-state index contributed by atoms with van der Waals surface area (Å²) in [7, 11) is 3.00. The van der Waals surface area contributed by atoms with E-state index in [0.717, 1.165) is 5.39 Å². The zero-order valence-electron chi connectivity index (χ0n) is 9.43. The van der Waals surface area contributed by atoms with Gasteiger partial charge in [0.1, 0.15) is 17.0 Å². The number of nitrogens with zero attached hydrogens (tertiary/aromatic N) is 1. The molecule has 88 valence electrons. The molecule has 0 saturated carbocycles. The van der Waals surface area contributed by atoms with Crippen LogP contribution in [0, 0.1) is 0 Å². The highest BCUT2D eigenvalue weighted by Gasteiger charge is 2.13. The average Bonchev–Trinajstić information content (AvgIpc) is 2.36. The number of aromatic carboxylic acids is 1. The van der Waals surface area contributed by atoms with Crippen molar-refractivity contribution in [1.29, 1.82) is 0 Å². The van der Waals surface area contributed by atoms with Crippen LogP contribution in [-0.4, -0.2) is 30.3 Å². The van der Waals surface area contributed by atoms with E-state index in [0.29, 0.717) is 17.0 Å². The number of para-hydroxylation sites is 1. The van der Waals surface area contributed by atoms with Gasteiger partial charge < -0.3 is 14.6 Å². The van der Waals surface area contributed by atoms with Crippen molar-refractivity contribution in [3.05, 3.63) is 30.0 Å². The molecule has 1 heterocycles. The van der Waals surface area contributed by atoms with E-state index in [-0.39, 0.29) is 5.69 Å². The predicted octanol–water partition coefficient (Wildman–Crippen LogP) is 1.95. The molecule has 0 radical (unpaired) electrons. The molecule has 0 aliphatic rings. The third-order valence-corrected chi connectivity index (χ3v) is 2.42. The fourth-order valence-corrected chi connectivity index (χ4v) is 1.63. The maximum atomic E-state index is 11.0. The Bertz CT molecular complexity index is 580. The van der Waals surface area contributed by atoms with Crippen molar-refractivity contribution in [1.82, 2.24) is 4.98 Å². The van der Waals surface area contributed by atoms with E-state index in [1.807, 2.05) is 0 Å². The molecule has 2 aromatic rings. The zero-order valence-corrected chi connectivity index (χ0v) is 9.43. The summed E-state index contributed by atoms with van der Waals surface area (Å²) in [6, 6.07) is 6.71. The number of hydrogen-bond donors (Lipinski definition) is 1. The Morgan fingerprint density at radius 1 is 1.24 bits per heavy atom. The lowest BCUT2D eigenvalue weighted by Gasteiger charge is -2.09. The maximum absolute atomic E-state index is 11.0. The van der Waals surface area contributed by atoms with Crippen LogP contribution in [0.4, 0.5) is 0 Å². The van der Waals surface area contributed by atoms with E-state index < -0.39 is 5.97 Å².